The Balaban J connectivity index is 1.04. The molecule has 1 heterocycles. The van der Waals surface area contributed by atoms with Gasteiger partial charge < -0.3 is 9.32 Å². The predicted octanol–water partition coefficient (Wildman–Crippen LogP) is 17.6. The van der Waals surface area contributed by atoms with Crippen LogP contribution in [0.3, 0.4) is 0 Å². The minimum absolute atomic E-state index is 0.479. The van der Waals surface area contributed by atoms with Crippen LogP contribution in [0.2, 0.25) is 0 Å². The summed E-state index contributed by atoms with van der Waals surface area (Å²) in [6, 6.07) is 91.2. The van der Waals surface area contributed by atoms with E-state index in [1.54, 1.807) is 0 Å². The molecule has 0 saturated heterocycles. The van der Waals surface area contributed by atoms with Crippen LogP contribution in [0.4, 0.5) is 17.1 Å². The van der Waals surface area contributed by atoms with E-state index in [1.807, 2.05) is 0 Å². The molecule has 1 spiro atoms. The molecular formula is C65H41NO. The molecule has 0 saturated carbocycles. The van der Waals surface area contributed by atoms with Crippen LogP contribution in [0.15, 0.2) is 253 Å². The van der Waals surface area contributed by atoms with Gasteiger partial charge in [-0.05, 0) is 120 Å². The van der Waals surface area contributed by atoms with Crippen LogP contribution in [0.5, 0.6) is 0 Å². The smallest absolute Gasteiger partial charge is 0.143 e. The number of hydrogen-bond acceptors (Lipinski definition) is 2. The van der Waals surface area contributed by atoms with Crippen molar-refractivity contribution in [2.45, 2.75) is 5.41 Å². The molecule has 2 nitrogen and oxygen atoms in total. The molecule has 2 aliphatic rings. The van der Waals surface area contributed by atoms with Gasteiger partial charge in [0.1, 0.15) is 11.2 Å². The van der Waals surface area contributed by atoms with Gasteiger partial charge in [-0.1, -0.05) is 206 Å². The number of furan rings is 1. The van der Waals surface area contributed by atoms with Crippen molar-refractivity contribution < 1.29 is 4.42 Å². The summed E-state index contributed by atoms with van der Waals surface area (Å²) in [7, 11) is 0. The first-order chi connectivity index (χ1) is 33.2. The Morgan fingerprint density at radius 3 is 1.42 bits per heavy atom. The summed E-state index contributed by atoms with van der Waals surface area (Å²) in [4.78, 5) is 2.44. The maximum Gasteiger partial charge on any atom is 0.143 e. The average Bonchev–Trinajstić information content (AvgIpc) is 4.04. The van der Waals surface area contributed by atoms with Gasteiger partial charge >= 0.3 is 0 Å². The summed E-state index contributed by atoms with van der Waals surface area (Å²) >= 11 is 0. The van der Waals surface area contributed by atoms with E-state index in [4.69, 9.17) is 4.42 Å². The zero-order chi connectivity index (χ0) is 44.1. The summed E-state index contributed by atoms with van der Waals surface area (Å²) < 4.78 is 7.10. The summed E-state index contributed by atoms with van der Waals surface area (Å²) in [5, 5.41) is 4.49. The van der Waals surface area contributed by atoms with Crippen molar-refractivity contribution in [3.63, 3.8) is 0 Å². The van der Waals surface area contributed by atoms with Gasteiger partial charge in [-0.15, -0.1) is 0 Å². The van der Waals surface area contributed by atoms with Crippen molar-refractivity contribution in [2.24, 2.45) is 0 Å². The van der Waals surface area contributed by atoms with Gasteiger partial charge in [0.25, 0.3) is 0 Å². The highest BCUT2D eigenvalue weighted by Crippen LogP contribution is 2.63. The fourth-order valence-electron chi connectivity index (χ4n) is 11.6. The van der Waals surface area contributed by atoms with Crippen LogP contribution in [0.1, 0.15) is 22.3 Å². The molecule has 11 aromatic carbocycles. The van der Waals surface area contributed by atoms with Crippen LogP contribution < -0.4 is 4.90 Å². The number of nitrogens with zero attached hydrogens (tertiary/aromatic N) is 1. The lowest BCUT2D eigenvalue weighted by Crippen LogP contribution is -2.26. The first-order valence-corrected chi connectivity index (χ1v) is 23.2. The Bertz CT molecular complexity index is 3840. The third kappa shape index (κ3) is 5.57. The van der Waals surface area contributed by atoms with E-state index in [-0.39, 0.29) is 0 Å². The van der Waals surface area contributed by atoms with E-state index >= 15 is 0 Å². The lowest BCUT2D eigenvalue weighted by atomic mass is 9.70. The molecule has 67 heavy (non-hydrogen) atoms. The Kier molecular flexibility index (Phi) is 8.23. The summed E-state index contributed by atoms with van der Waals surface area (Å²) in [5.41, 5.74) is 21.8. The summed E-state index contributed by atoms with van der Waals surface area (Å²) in [5.74, 6) is 0. The van der Waals surface area contributed by atoms with Gasteiger partial charge in [0.15, 0.2) is 0 Å². The molecule has 2 heteroatoms. The third-order valence-corrected chi connectivity index (χ3v) is 14.5. The average molecular weight is 852 g/mol. The minimum atomic E-state index is -0.479. The summed E-state index contributed by atoms with van der Waals surface area (Å²) in [6.45, 7) is 0. The van der Waals surface area contributed by atoms with Crippen molar-refractivity contribution in [1.82, 2.24) is 0 Å². The maximum absolute atomic E-state index is 7.10. The first kappa shape index (κ1) is 37.6. The zero-order valence-corrected chi connectivity index (χ0v) is 36.5. The van der Waals surface area contributed by atoms with Gasteiger partial charge in [-0.25, -0.2) is 0 Å². The summed E-state index contributed by atoms with van der Waals surface area (Å²) in [6.07, 6.45) is 0. The number of benzene rings is 11. The Morgan fingerprint density at radius 2 is 0.791 bits per heavy atom. The fourth-order valence-corrected chi connectivity index (χ4v) is 11.6. The minimum Gasteiger partial charge on any atom is -0.455 e. The first-order valence-electron chi connectivity index (χ1n) is 23.2. The van der Waals surface area contributed by atoms with Crippen LogP contribution in [-0.4, -0.2) is 0 Å². The van der Waals surface area contributed by atoms with Crippen molar-refractivity contribution >= 4 is 49.8 Å². The Morgan fingerprint density at radius 1 is 0.299 bits per heavy atom. The maximum atomic E-state index is 7.10. The molecule has 0 atom stereocenters. The van der Waals surface area contributed by atoms with Gasteiger partial charge in [-0.3, -0.25) is 0 Å². The van der Waals surface area contributed by atoms with Crippen molar-refractivity contribution in [2.75, 3.05) is 4.90 Å². The molecule has 14 rings (SSSR count). The molecule has 2 aliphatic carbocycles. The van der Waals surface area contributed by atoms with Gasteiger partial charge in [0, 0.05) is 33.6 Å². The Hall–Kier alpha value is -8.72. The molecule has 0 N–H and O–H groups in total. The van der Waals surface area contributed by atoms with Gasteiger partial charge in [0.05, 0.1) is 11.1 Å². The van der Waals surface area contributed by atoms with Crippen LogP contribution in [-0.2, 0) is 5.41 Å². The predicted molar refractivity (Wildman–Crippen MR) is 279 cm³/mol. The van der Waals surface area contributed by atoms with E-state index in [2.05, 4.69) is 254 Å². The molecular weight excluding hydrogens is 811 g/mol. The highest BCUT2D eigenvalue weighted by atomic mass is 16.3. The molecule has 0 unspecified atom stereocenters. The third-order valence-electron chi connectivity index (χ3n) is 14.5. The van der Waals surface area contributed by atoms with Crippen molar-refractivity contribution in [1.29, 1.82) is 0 Å². The number of rotatable bonds is 6. The van der Waals surface area contributed by atoms with Crippen LogP contribution in [0, 0.1) is 0 Å². The van der Waals surface area contributed by atoms with E-state index in [0.717, 1.165) is 60.9 Å². The van der Waals surface area contributed by atoms with E-state index < -0.39 is 5.41 Å². The van der Waals surface area contributed by atoms with Crippen LogP contribution >= 0.6 is 0 Å². The highest BCUT2D eigenvalue weighted by molar-refractivity contribution is 6.20. The molecule has 1 aromatic heterocycles. The molecule has 0 amide bonds. The SMILES string of the molecule is c1ccc(-c2ccc(-c3cc(N(c4ccc(-c5ccccc5)cc4)c4ccc5c(c4)C4(c6ccccc6-c6ccccc64)c4ccccc4-5)cc4oc5c6ccccc6ccc5c34)cc2)cc1. The largest absolute Gasteiger partial charge is 0.455 e. The van der Waals surface area contributed by atoms with E-state index in [9.17, 15) is 0 Å². The van der Waals surface area contributed by atoms with Crippen molar-refractivity contribution in [3.05, 3.63) is 271 Å². The standard InChI is InChI=1S/C65H41NO/c1-3-15-42(16-4-1)44-27-29-47(30-28-44)57-39-50(41-62-63(57)56-37-33-46-19-7-8-20-51(46)64(56)67-62)66(48-34-31-45(32-35-48)43-17-5-2-6-18-43)49-36-38-55-54-23-11-14-26-60(54)65(61(55)40-49)58-24-12-9-21-52(58)53-22-10-13-25-59(53)65/h1-41H. The second kappa shape index (κ2) is 14.7. The van der Waals surface area contributed by atoms with E-state index in [1.165, 1.54) is 66.8 Å². The molecule has 12 aromatic rings. The normalized spacial score (nSPS) is 12.9. The number of anilines is 3. The number of hydrogen-bond donors (Lipinski definition) is 0. The quantitative estimate of drug-likeness (QED) is 0.166. The zero-order valence-electron chi connectivity index (χ0n) is 36.5. The van der Waals surface area contributed by atoms with Crippen molar-refractivity contribution in [3.8, 4) is 55.6 Å². The highest BCUT2D eigenvalue weighted by Gasteiger charge is 2.51. The van der Waals surface area contributed by atoms with Gasteiger partial charge in [0.2, 0.25) is 0 Å². The number of fused-ring (bicyclic) bond motifs is 15. The molecule has 0 radical (unpaired) electrons. The van der Waals surface area contributed by atoms with E-state index in [0.29, 0.717) is 0 Å². The molecule has 312 valence electrons. The topological polar surface area (TPSA) is 16.4 Å². The molecule has 0 bridgehead atoms. The van der Waals surface area contributed by atoms with Crippen LogP contribution in [0.25, 0.3) is 88.3 Å². The lowest BCUT2D eigenvalue weighted by molar-refractivity contribution is 0.673. The molecule has 0 aliphatic heterocycles. The second-order valence-electron chi connectivity index (χ2n) is 17.9. The Labute approximate surface area is 389 Å². The van der Waals surface area contributed by atoms with Gasteiger partial charge in [-0.2, -0.15) is 0 Å². The monoisotopic (exact) mass is 851 g/mol. The second-order valence-corrected chi connectivity index (χ2v) is 17.9. The fraction of sp³-hybridized carbons (Fsp3) is 0.0154. The molecule has 0 fully saturated rings. The lowest BCUT2D eigenvalue weighted by Gasteiger charge is -2.32.